The number of carbonyl (C=O) groups is 1. The van der Waals surface area contributed by atoms with Crippen molar-refractivity contribution < 1.29 is 4.79 Å². The van der Waals surface area contributed by atoms with Crippen LogP contribution in [0, 0.1) is 5.92 Å². The van der Waals surface area contributed by atoms with Gasteiger partial charge >= 0.3 is 0 Å². The Bertz CT molecular complexity index is 587. The molecule has 3 rings (SSSR count). The van der Waals surface area contributed by atoms with E-state index in [0.717, 1.165) is 41.6 Å². The number of aromatic amines is 1. The zero-order valence-corrected chi connectivity index (χ0v) is 11.0. The summed E-state index contributed by atoms with van der Waals surface area (Å²) < 4.78 is 0. The number of hydrogen-bond donors (Lipinski definition) is 1. The average molecular weight is 262 g/mol. The lowest BCUT2D eigenvalue weighted by atomic mass is 9.84. The van der Waals surface area contributed by atoms with Gasteiger partial charge in [0.2, 0.25) is 0 Å². The molecule has 1 aliphatic carbocycles. The minimum atomic E-state index is 0.205. The number of fused-ring (bicyclic) bond motifs is 1. The van der Waals surface area contributed by atoms with Gasteiger partial charge in [-0.05, 0) is 43.0 Å². The van der Waals surface area contributed by atoms with Crippen LogP contribution in [0.25, 0.3) is 10.9 Å². The van der Waals surface area contributed by atoms with Gasteiger partial charge in [0.1, 0.15) is 5.78 Å². The molecule has 94 valence electrons. The van der Waals surface area contributed by atoms with Gasteiger partial charge in [-0.2, -0.15) is 0 Å². The van der Waals surface area contributed by atoms with Gasteiger partial charge in [0.05, 0.1) is 0 Å². The first-order chi connectivity index (χ1) is 8.74. The van der Waals surface area contributed by atoms with Gasteiger partial charge in [0.25, 0.3) is 0 Å². The molecule has 0 aliphatic heterocycles. The first-order valence-corrected chi connectivity index (χ1v) is 6.90. The van der Waals surface area contributed by atoms with Crippen LogP contribution in [-0.2, 0) is 11.2 Å². The fourth-order valence-electron chi connectivity index (χ4n) is 2.86. The summed E-state index contributed by atoms with van der Waals surface area (Å²) in [6, 6.07) is 5.86. The molecule has 1 heterocycles. The topological polar surface area (TPSA) is 32.9 Å². The van der Waals surface area contributed by atoms with E-state index >= 15 is 0 Å². The zero-order chi connectivity index (χ0) is 12.5. The number of ketones is 1. The quantitative estimate of drug-likeness (QED) is 0.867. The number of hydrogen-bond acceptors (Lipinski definition) is 1. The second-order valence-corrected chi connectivity index (χ2v) is 5.55. The summed E-state index contributed by atoms with van der Waals surface area (Å²) in [5.41, 5.74) is 2.31. The molecule has 2 nitrogen and oxygen atoms in total. The summed E-state index contributed by atoms with van der Waals surface area (Å²) in [6.45, 7) is 0. The van der Waals surface area contributed by atoms with Crippen LogP contribution in [0.2, 0.25) is 5.02 Å². The van der Waals surface area contributed by atoms with Gasteiger partial charge in [-0.1, -0.05) is 18.0 Å². The third kappa shape index (κ3) is 2.17. The number of halogens is 1. The van der Waals surface area contributed by atoms with E-state index in [1.54, 1.807) is 0 Å². The SMILES string of the molecule is O=C1CCCCC1Cc1c[nH]c2ccc(Cl)cc12. The Kier molecular flexibility index (Phi) is 3.13. The highest BCUT2D eigenvalue weighted by Gasteiger charge is 2.23. The number of rotatable bonds is 2. The average Bonchev–Trinajstić information content (AvgIpc) is 2.75. The van der Waals surface area contributed by atoms with E-state index in [1.807, 2.05) is 24.4 Å². The van der Waals surface area contributed by atoms with Gasteiger partial charge in [-0.3, -0.25) is 4.79 Å². The highest BCUT2D eigenvalue weighted by atomic mass is 35.5. The normalized spacial score (nSPS) is 20.5. The molecule has 1 saturated carbocycles. The molecule has 1 aromatic carbocycles. The largest absolute Gasteiger partial charge is 0.361 e. The number of carbonyl (C=O) groups excluding carboxylic acids is 1. The molecular weight excluding hydrogens is 246 g/mol. The first-order valence-electron chi connectivity index (χ1n) is 6.52. The van der Waals surface area contributed by atoms with Crippen molar-refractivity contribution in [3.63, 3.8) is 0 Å². The van der Waals surface area contributed by atoms with E-state index in [1.165, 1.54) is 12.0 Å². The zero-order valence-electron chi connectivity index (χ0n) is 10.2. The molecule has 1 atom stereocenters. The first kappa shape index (κ1) is 11.8. The van der Waals surface area contributed by atoms with Crippen molar-refractivity contribution in [2.45, 2.75) is 32.1 Å². The van der Waals surface area contributed by atoms with Crippen LogP contribution in [0.3, 0.4) is 0 Å². The summed E-state index contributed by atoms with van der Waals surface area (Å²) in [5, 5.41) is 1.90. The highest BCUT2D eigenvalue weighted by Crippen LogP contribution is 2.28. The molecule has 3 heteroatoms. The van der Waals surface area contributed by atoms with Crippen molar-refractivity contribution in [2.24, 2.45) is 5.92 Å². The molecule has 1 unspecified atom stereocenters. The Morgan fingerprint density at radius 1 is 1.33 bits per heavy atom. The Labute approximate surface area is 111 Å². The molecule has 0 amide bonds. The summed E-state index contributed by atoms with van der Waals surface area (Å²) >= 11 is 6.04. The fourth-order valence-corrected chi connectivity index (χ4v) is 3.03. The number of Topliss-reactive ketones (excluding diaryl/α,β-unsaturated/α-hetero) is 1. The molecule has 0 bridgehead atoms. The second kappa shape index (κ2) is 4.77. The third-order valence-corrected chi connectivity index (χ3v) is 4.11. The van der Waals surface area contributed by atoms with Gasteiger partial charge < -0.3 is 4.98 Å². The molecular formula is C15H16ClNO. The minimum Gasteiger partial charge on any atom is -0.361 e. The van der Waals surface area contributed by atoms with Crippen molar-refractivity contribution >= 4 is 28.3 Å². The predicted molar refractivity (Wildman–Crippen MR) is 74.0 cm³/mol. The molecule has 18 heavy (non-hydrogen) atoms. The van der Waals surface area contributed by atoms with Crippen LogP contribution in [0.15, 0.2) is 24.4 Å². The lowest BCUT2D eigenvalue weighted by Gasteiger charge is -2.19. The lowest BCUT2D eigenvalue weighted by Crippen LogP contribution is -2.20. The monoisotopic (exact) mass is 261 g/mol. The maximum Gasteiger partial charge on any atom is 0.136 e. The summed E-state index contributed by atoms with van der Waals surface area (Å²) in [5.74, 6) is 0.634. The van der Waals surface area contributed by atoms with Crippen molar-refractivity contribution in [2.75, 3.05) is 0 Å². The number of benzene rings is 1. The molecule has 1 aromatic heterocycles. The molecule has 1 N–H and O–H groups in total. The van der Waals surface area contributed by atoms with Gasteiger partial charge in [0.15, 0.2) is 0 Å². The standard InChI is InChI=1S/C15H16ClNO/c16-12-5-6-14-13(8-12)11(9-17-14)7-10-3-1-2-4-15(10)18/h5-6,8-10,17H,1-4,7H2. The van der Waals surface area contributed by atoms with Crippen molar-refractivity contribution in [3.05, 3.63) is 35.0 Å². The Balaban J connectivity index is 1.90. The molecule has 0 radical (unpaired) electrons. The van der Waals surface area contributed by atoms with Crippen LogP contribution in [-0.4, -0.2) is 10.8 Å². The predicted octanol–water partition coefficient (Wildman–Crippen LogP) is 4.12. The maximum atomic E-state index is 11.9. The van der Waals surface area contributed by atoms with Crippen molar-refractivity contribution in [3.8, 4) is 0 Å². The van der Waals surface area contributed by atoms with Crippen molar-refractivity contribution in [1.82, 2.24) is 4.98 Å². The van der Waals surface area contributed by atoms with Crippen LogP contribution < -0.4 is 0 Å². The molecule has 0 saturated heterocycles. The maximum absolute atomic E-state index is 11.9. The summed E-state index contributed by atoms with van der Waals surface area (Å²) in [7, 11) is 0. The number of aromatic nitrogens is 1. The number of H-pyrrole nitrogens is 1. The van der Waals surface area contributed by atoms with E-state index in [-0.39, 0.29) is 5.92 Å². The molecule has 1 fully saturated rings. The van der Waals surface area contributed by atoms with Crippen LogP contribution in [0.5, 0.6) is 0 Å². The van der Waals surface area contributed by atoms with Crippen molar-refractivity contribution in [1.29, 1.82) is 0 Å². The molecule has 2 aromatic rings. The minimum absolute atomic E-state index is 0.205. The second-order valence-electron chi connectivity index (χ2n) is 5.12. The van der Waals surface area contributed by atoms with Crippen LogP contribution in [0.4, 0.5) is 0 Å². The van der Waals surface area contributed by atoms with Gasteiger partial charge in [-0.25, -0.2) is 0 Å². The third-order valence-electron chi connectivity index (χ3n) is 3.88. The Hall–Kier alpha value is -1.28. The van der Waals surface area contributed by atoms with E-state index in [4.69, 9.17) is 11.6 Å². The van der Waals surface area contributed by atoms with E-state index < -0.39 is 0 Å². The lowest BCUT2D eigenvalue weighted by molar-refractivity contribution is -0.124. The fraction of sp³-hybridized carbons (Fsp3) is 0.400. The van der Waals surface area contributed by atoms with Gasteiger partial charge in [-0.15, -0.1) is 0 Å². The summed E-state index contributed by atoms with van der Waals surface area (Å²) in [4.78, 5) is 15.1. The smallest absolute Gasteiger partial charge is 0.136 e. The summed E-state index contributed by atoms with van der Waals surface area (Å²) in [6.07, 6.45) is 6.90. The molecule has 0 spiro atoms. The highest BCUT2D eigenvalue weighted by molar-refractivity contribution is 6.31. The Morgan fingerprint density at radius 3 is 3.06 bits per heavy atom. The van der Waals surface area contributed by atoms with Crippen LogP contribution >= 0.6 is 11.6 Å². The number of nitrogens with one attached hydrogen (secondary N) is 1. The molecule has 1 aliphatic rings. The van der Waals surface area contributed by atoms with E-state index in [0.29, 0.717) is 5.78 Å². The van der Waals surface area contributed by atoms with Crippen LogP contribution in [0.1, 0.15) is 31.2 Å². The van der Waals surface area contributed by atoms with Gasteiger partial charge in [0, 0.05) is 34.5 Å². The van der Waals surface area contributed by atoms with E-state index in [9.17, 15) is 4.79 Å². The van der Waals surface area contributed by atoms with E-state index in [2.05, 4.69) is 4.98 Å². The Morgan fingerprint density at radius 2 is 2.22 bits per heavy atom.